The molecule has 0 saturated heterocycles. The predicted molar refractivity (Wildman–Crippen MR) is 38.4 cm³/mol. The highest BCUT2D eigenvalue weighted by Gasteiger charge is 2.36. The average molecular weight is 244 g/mol. The van der Waals surface area contributed by atoms with Gasteiger partial charge in [0.2, 0.25) is 0 Å². The van der Waals surface area contributed by atoms with Gasteiger partial charge in [-0.05, 0) is 22.9 Å². The van der Waals surface area contributed by atoms with E-state index in [9.17, 15) is 13.2 Å². The molecule has 7 heteroatoms. The van der Waals surface area contributed by atoms with E-state index in [1.807, 2.05) is 0 Å². The lowest BCUT2D eigenvalue weighted by molar-refractivity contribution is -0.145. The molecule has 0 spiro atoms. The SMILES string of the molecule is CCn1nc(C(F)(F)F)nc1Br. The Morgan fingerprint density at radius 2 is 2.08 bits per heavy atom. The average Bonchev–Trinajstić information content (AvgIpc) is 2.29. The van der Waals surface area contributed by atoms with Gasteiger partial charge < -0.3 is 0 Å². The van der Waals surface area contributed by atoms with Gasteiger partial charge >= 0.3 is 6.18 Å². The second kappa shape index (κ2) is 3.04. The van der Waals surface area contributed by atoms with E-state index in [4.69, 9.17) is 0 Å². The van der Waals surface area contributed by atoms with Crippen LogP contribution in [0.2, 0.25) is 0 Å². The molecule has 0 atom stereocenters. The summed E-state index contributed by atoms with van der Waals surface area (Å²) in [5, 5.41) is 3.23. The number of rotatable bonds is 1. The Kier molecular flexibility index (Phi) is 2.41. The van der Waals surface area contributed by atoms with Gasteiger partial charge in [0.05, 0.1) is 0 Å². The molecule has 0 unspecified atom stereocenters. The third-order valence-corrected chi connectivity index (χ3v) is 1.77. The Balaban J connectivity index is 3.05. The summed E-state index contributed by atoms with van der Waals surface area (Å²) in [7, 11) is 0. The monoisotopic (exact) mass is 243 g/mol. The fourth-order valence-electron chi connectivity index (χ4n) is 0.644. The van der Waals surface area contributed by atoms with Gasteiger partial charge in [-0.3, -0.25) is 0 Å². The summed E-state index contributed by atoms with van der Waals surface area (Å²) in [5.41, 5.74) is 0. The number of aromatic nitrogens is 3. The van der Waals surface area contributed by atoms with Crippen molar-refractivity contribution in [2.24, 2.45) is 0 Å². The van der Waals surface area contributed by atoms with Crippen molar-refractivity contribution < 1.29 is 13.2 Å². The third kappa shape index (κ3) is 1.77. The van der Waals surface area contributed by atoms with Gasteiger partial charge in [-0.25, -0.2) is 4.68 Å². The molecule has 0 bridgehead atoms. The standard InChI is InChI=1S/C5H5BrF3N3/c1-2-12-4(6)10-3(11-12)5(7,8)9/h2H2,1H3. The van der Waals surface area contributed by atoms with Gasteiger partial charge in [0.15, 0.2) is 4.73 Å². The van der Waals surface area contributed by atoms with E-state index < -0.39 is 12.0 Å². The number of nitrogens with zero attached hydrogens (tertiary/aromatic N) is 3. The largest absolute Gasteiger partial charge is 0.453 e. The third-order valence-electron chi connectivity index (χ3n) is 1.18. The molecule has 0 amide bonds. The lowest BCUT2D eigenvalue weighted by atomic mass is 10.6. The molecular formula is C5H5BrF3N3. The minimum atomic E-state index is -4.47. The Morgan fingerprint density at radius 1 is 1.50 bits per heavy atom. The van der Waals surface area contributed by atoms with Crippen molar-refractivity contribution in [1.29, 1.82) is 0 Å². The molecule has 12 heavy (non-hydrogen) atoms. The Bertz CT molecular complexity index is 280. The summed E-state index contributed by atoms with van der Waals surface area (Å²) < 4.78 is 37.1. The van der Waals surface area contributed by atoms with Gasteiger partial charge in [0, 0.05) is 6.54 Å². The zero-order valence-corrected chi connectivity index (χ0v) is 7.65. The molecule has 3 nitrogen and oxygen atoms in total. The molecule has 1 aromatic rings. The van der Waals surface area contributed by atoms with E-state index in [0.29, 0.717) is 6.54 Å². The van der Waals surface area contributed by atoms with Crippen LogP contribution >= 0.6 is 15.9 Å². The second-order valence-corrected chi connectivity index (χ2v) is 2.73. The highest BCUT2D eigenvalue weighted by Crippen LogP contribution is 2.27. The van der Waals surface area contributed by atoms with Crippen molar-refractivity contribution in [2.75, 3.05) is 0 Å². The van der Waals surface area contributed by atoms with Crippen LogP contribution in [-0.4, -0.2) is 14.8 Å². The minimum absolute atomic E-state index is 0.0947. The van der Waals surface area contributed by atoms with E-state index in [1.54, 1.807) is 6.92 Å². The Labute approximate surface area is 74.7 Å². The highest BCUT2D eigenvalue weighted by molar-refractivity contribution is 9.10. The van der Waals surface area contributed by atoms with Crippen LogP contribution in [0, 0.1) is 0 Å². The van der Waals surface area contributed by atoms with Crippen molar-refractivity contribution in [2.45, 2.75) is 19.6 Å². The molecule has 1 heterocycles. The Morgan fingerprint density at radius 3 is 2.33 bits per heavy atom. The summed E-state index contributed by atoms with van der Waals surface area (Å²) in [6.45, 7) is 2.03. The maximum atomic E-state index is 12.0. The first-order chi connectivity index (χ1) is 5.45. The van der Waals surface area contributed by atoms with Crippen molar-refractivity contribution in [3.05, 3.63) is 10.6 Å². The van der Waals surface area contributed by atoms with Crippen LogP contribution < -0.4 is 0 Å². The lowest BCUT2D eigenvalue weighted by Crippen LogP contribution is -2.08. The first-order valence-corrected chi connectivity index (χ1v) is 3.92. The molecule has 1 rings (SSSR count). The van der Waals surface area contributed by atoms with Gasteiger partial charge in [-0.1, -0.05) is 0 Å². The maximum absolute atomic E-state index is 12.0. The molecule has 0 saturated carbocycles. The summed E-state index contributed by atoms with van der Waals surface area (Å²) in [6, 6.07) is 0. The number of halogens is 4. The lowest BCUT2D eigenvalue weighted by Gasteiger charge is -1.97. The minimum Gasteiger partial charge on any atom is -0.240 e. The van der Waals surface area contributed by atoms with Crippen LogP contribution in [0.1, 0.15) is 12.7 Å². The zero-order chi connectivity index (χ0) is 9.35. The number of aryl methyl sites for hydroxylation is 1. The van der Waals surface area contributed by atoms with Gasteiger partial charge in [-0.2, -0.15) is 18.2 Å². The molecule has 0 aromatic carbocycles. The molecule has 0 aliphatic carbocycles. The van der Waals surface area contributed by atoms with Crippen LogP contribution in [0.5, 0.6) is 0 Å². The fourth-order valence-corrected chi connectivity index (χ4v) is 1.14. The summed E-state index contributed by atoms with van der Waals surface area (Å²) >= 11 is 2.86. The smallest absolute Gasteiger partial charge is 0.240 e. The molecule has 68 valence electrons. The topological polar surface area (TPSA) is 30.7 Å². The predicted octanol–water partition coefficient (Wildman–Crippen LogP) is 2.08. The summed E-state index contributed by atoms with van der Waals surface area (Å²) in [4.78, 5) is 3.20. The summed E-state index contributed by atoms with van der Waals surface area (Å²) in [6.07, 6.45) is -4.47. The van der Waals surface area contributed by atoms with E-state index >= 15 is 0 Å². The van der Waals surface area contributed by atoms with E-state index in [-0.39, 0.29) is 4.73 Å². The van der Waals surface area contributed by atoms with Crippen molar-refractivity contribution in [1.82, 2.24) is 14.8 Å². The molecule has 0 fully saturated rings. The molecule has 1 aromatic heterocycles. The first-order valence-electron chi connectivity index (χ1n) is 3.12. The molecule has 0 radical (unpaired) electrons. The molecule has 0 aliphatic rings. The van der Waals surface area contributed by atoms with Crippen molar-refractivity contribution in [3.63, 3.8) is 0 Å². The maximum Gasteiger partial charge on any atom is 0.453 e. The summed E-state index contributed by atoms with van der Waals surface area (Å²) in [5.74, 6) is -1.11. The van der Waals surface area contributed by atoms with Gasteiger partial charge in [0.25, 0.3) is 5.82 Å². The highest BCUT2D eigenvalue weighted by atomic mass is 79.9. The number of hydrogen-bond donors (Lipinski definition) is 0. The molecular weight excluding hydrogens is 239 g/mol. The van der Waals surface area contributed by atoms with E-state index in [2.05, 4.69) is 26.0 Å². The van der Waals surface area contributed by atoms with E-state index in [0.717, 1.165) is 4.68 Å². The normalized spacial score (nSPS) is 12.1. The molecule has 0 N–H and O–H groups in total. The van der Waals surface area contributed by atoms with Gasteiger partial charge in [0.1, 0.15) is 0 Å². The van der Waals surface area contributed by atoms with Crippen molar-refractivity contribution in [3.8, 4) is 0 Å². The van der Waals surface area contributed by atoms with Crippen LogP contribution in [0.4, 0.5) is 13.2 Å². The quantitative estimate of drug-likeness (QED) is 0.757. The van der Waals surface area contributed by atoms with Crippen LogP contribution in [0.15, 0.2) is 4.73 Å². The van der Waals surface area contributed by atoms with Crippen LogP contribution in [0.25, 0.3) is 0 Å². The van der Waals surface area contributed by atoms with Crippen LogP contribution in [-0.2, 0) is 12.7 Å². The zero-order valence-electron chi connectivity index (χ0n) is 6.06. The molecule has 0 aliphatic heterocycles. The van der Waals surface area contributed by atoms with Gasteiger partial charge in [-0.15, -0.1) is 5.10 Å². The Hall–Kier alpha value is -0.590. The van der Waals surface area contributed by atoms with Crippen molar-refractivity contribution >= 4 is 15.9 Å². The number of hydrogen-bond acceptors (Lipinski definition) is 2. The van der Waals surface area contributed by atoms with Crippen LogP contribution in [0.3, 0.4) is 0 Å². The van der Waals surface area contributed by atoms with E-state index in [1.165, 1.54) is 0 Å². The number of alkyl halides is 3. The first kappa shape index (κ1) is 9.50. The fraction of sp³-hybridized carbons (Fsp3) is 0.600. The second-order valence-electron chi connectivity index (χ2n) is 2.02.